The van der Waals surface area contributed by atoms with Gasteiger partial charge in [-0.2, -0.15) is 0 Å². The zero-order valence-corrected chi connectivity index (χ0v) is 26.8. The van der Waals surface area contributed by atoms with E-state index < -0.39 is 27.4 Å². The molecule has 11 nitrogen and oxygen atoms in total. The van der Waals surface area contributed by atoms with Crippen LogP contribution in [0.4, 0.5) is 10.5 Å². The summed E-state index contributed by atoms with van der Waals surface area (Å²) >= 11 is 16.7. The summed E-state index contributed by atoms with van der Waals surface area (Å²) in [6.45, 7) is 7.01. The number of rotatable bonds is 13. The van der Waals surface area contributed by atoms with Crippen LogP contribution in [0.2, 0.25) is 0 Å². The van der Waals surface area contributed by atoms with Crippen molar-refractivity contribution >= 4 is 64.4 Å². The Kier molecular flexibility index (Phi) is 13.8. The van der Waals surface area contributed by atoms with Crippen LogP contribution < -0.4 is 14.8 Å². The number of unbranched alkanes of at least 4 members (excludes halogenated alkanes) is 2. The van der Waals surface area contributed by atoms with E-state index in [-0.39, 0.29) is 49.4 Å². The van der Waals surface area contributed by atoms with Crippen LogP contribution in [0.5, 0.6) is 11.5 Å². The number of methoxy groups -OCH3 is 1. The summed E-state index contributed by atoms with van der Waals surface area (Å²) in [4.78, 5) is 51.1. The molecule has 1 aliphatic heterocycles. The molecule has 0 bridgehead atoms. The lowest BCUT2D eigenvalue weighted by atomic mass is 10.1. The number of nitrogens with one attached hydrogen (secondary N) is 1. The van der Waals surface area contributed by atoms with E-state index in [1.807, 2.05) is 0 Å². The summed E-state index contributed by atoms with van der Waals surface area (Å²) in [6.07, 6.45) is 2.65. The lowest BCUT2D eigenvalue weighted by Gasteiger charge is -2.26. The van der Waals surface area contributed by atoms with Crippen LogP contribution in [0, 0.1) is 0 Å². The molecule has 0 aliphatic carbocycles. The van der Waals surface area contributed by atoms with Gasteiger partial charge in [0.15, 0.2) is 11.5 Å². The van der Waals surface area contributed by atoms with Crippen LogP contribution in [-0.4, -0.2) is 77.7 Å². The number of esters is 2. The number of likely N-dealkylation sites (tertiary alicyclic amines) is 1. The summed E-state index contributed by atoms with van der Waals surface area (Å²) in [7, 11) is 1.44. The number of carbonyl (C=O) groups excluding carboxylic acids is 4. The van der Waals surface area contributed by atoms with Gasteiger partial charge in [-0.05, 0) is 58.9 Å². The van der Waals surface area contributed by atoms with Crippen molar-refractivity contribution < 1.29 is 42.9 Å². The molecular formula is C28H39Cl3N2O9. The van der Waals surface area contributed by atoms with E-state index in [0.29, 0.717) is 43.7 Å². The van der Waals surface area contributed by atoms with Crippen molar-refractivity contribution in [3.05, 3.63) is 17.7 Å². The lowest BCUT2D eigenvalue weighted by Crippen LogP contribution is -2.39. The Morgan fingerprint density at radius 1 is 1.02 bits per heavy atom. The van der Waals surface area contributed by atoms with Gasteiger partial charge in [0.05, 0.1) is 31.0 Å². The van der Waals surface area contributed by atoms with Gasteiger partial charge >= 0.3 is 18.0 Å². The van der Waals surface area contributed by atoms with Crippen LogP contribution in [-0.2, 0) is 23.8 Å². The third kappa shape index (κ3) is 12.7. The van der Waals surface area contributed by atoms with E-state index in [1.54, 1.807) is 25.7 Å². The highest BCUT2D eigenvalue weighted by molar-refractivity contribution is 6.67. The first-order valence-corrected chi connectivity index (χ1v) is 14.7. The molecule has 0 radical (unpaired) electrons. The summed E-state index contributed by atoms with van der Waals surface area (Å²) in [5.41, 5.74) is -0.412. The fraction of sp³-hybridized carbons (Fsp3) is 0.643. The maximum absolute atomic E-state index is 13.7. The van der Waals surface area contributed by atoms with Gasteiger partial charge in [0.2, 0.25) is 3.79 Å². The molecule has 2 amide bonds. The second-order valence-electron chi connectivity index (χ2n) is 10.7. The van der Waals surface area contributed by atoms with E-state index >= 15 is 0 Å². The van der Waals surface area contributed by atoms with Crippen LogP contribution in [0.3, 0.4) is 0 Å². The third-order valence-corrected chi connectivity index (χ3v) is 6.29. The van der Waals surface area contributed by atoms with Gasteiger partial charge in [0.25, 0.3) is 5.91 Å². The first kappa shape index (κ1) is 35.6. The third-order valence-electron chi connectivity index (χ3n) is 5.97. The highest BCUT2D eigenvalue weighted by Gasteiger charge is 2.33. The van der Waals surface area contributed by atoms with Gasteiger partial charge in [0, 0.05) is 26.0 Å². The Bertz CT molecular complexity index is 1100. The fourth-order valence-corrected chi connectivity index (χ4v) is 4.30. The monoisotopic (exact) mass is 652 g/mol. The maximum Gasteiger partial charge on any atom is 0.412 e. The predicted octanol–water partition coefficient (Wildman–Crippen LogP) is 6.06. The topological polar surface area (TPSA) is 130 Å². The van der Waals surface area contributed by atoms with Crippen molar-refractivity contribution in [2.45, 2.75) is 81.7 Å². The molecule has 0 saturated carbocycles. The zero-order chi connectivity index (χ0) is 31.5. The zero-order valence-electron chi connectivity index (χ0n) is 24.6. The molecule has 1 aliphatic rings. The number of nitrogens with zero attached hydrogens (tertiary/aromatic N) is 1. The second kappa shape index (κ2) is 16.3. The van der Waals surface area contributed by atoms with Gasteiger partial charge < -0.3 is 28.6 Å². The largest absolute Gasteiger partial charge is 0.493 e. The van der Waals surface area contributed by atoms with E-state index in [2.05, 4.69) is 5.32 Å². The van der Waals surface area contributed by atoms with Crippen molar-refractivity contribution in [1.29, 1.82) is 0 Å². The molecule has 1 heterocycles. The van der Waals surface area contributed by atoms with Gasteiger partial charge in [-0.25, -0.2) is 4.79 Å². The Morgan fingerprint density at radius 3 is 2.36 bits per heavy atom. The second-order valence-corrected chi connectivity index (χ2v) is 13.2. The number of halogens is 3. The summed E-state index contributed by atoms with van der Waals surface area (Å²) in [5.74, 6) is -0.652. The van der Waals surface area contributed by atoms with Crippen molar-refractivity contribution in [1.82, 2.24) is 4.90 Å². The molecule has 1 saturated heterocycles. The smallest absolute Gasteiger partial charge is 0.412 e. The lowest BCUT2D eigenvalue weighted by molar-refractivity contribution is -0.144. The first-order chi connectivity index (χ1) is 19.6. The highest BCUT2D eigenvalue weighted by atomic mass is 35.6. The van der Waals surface area contributed by atoms with Crippen LogP contribution in [0.25, 0.3) is 0 Å². The number of amides is 2. The Balaban J connectivity index is 2.14. The van der Waals surface area contributed by atoms with Gasteiger partial charge in [0.1, 0.15) is 18.8 Å². The number of carbonyl (C=O) groups is 4. The van der Waals surface area contributed by atoms with E-state index in [1.165, 1.54) is 26.2 Å². The van der Waals surface area contributed by atoms with Crippen molar-refractivity contribution in [2.24, 2.45) is 0 Å². The van der Waals surface area contributed by atoms with Crippen molar-refractivity contribution in [2.75, 3.05) is 38.8 Å². The molecule has 0 spiro atoms. The van der Waals surface area contributed by atoms with Crippen molar-refractivity contribution in [3.63, 3.8) is 0 Å². The minimum Gasteiger partial charge on any atom is -0.493 e. The molecule has 236 valence electrons. The molecule has 0 unspecified atom stereocenters. The van der Waals surface area contributed by atoms with E-state index in [0.717, 1.165) is 6.42 Å². The standard InChI is InChI=1S/C28H39Cl3N2O9/c1-18(34)40-16-19-10-9-12-33(19)25(36)20-14-22(38-5)23(15-21(20)32-26(37)42-27(2,3)4)39-13-8-6-7-11-24(35)41-17-28(29,30)31/h14-15,19H,6-13,16-17H2,1-5H3,(H,32,37)/t19-/m0/s1. The summed E-state index contributed by atoms with van der Waals surface area (Å²) in [6, 6.07) is 2.73. The average molecular weight is 654 g/mol. The summed E-state index contributed by atoms with van der Waals surface area (Å²) in [5, 5.41) is 2.66. The Morgan fingerprint density at radius 2 is 1.74 bits per heavy atom. The van der Waals surface area contributed by atoms with Crippen molar-refractivity contribution in [3.8, 4) is 11.5 Å². The normalized spacial score (nSPS) is 15.1. The SMILES string of the molecule is COc1cc(C(=O)N2CCC[C@H]2COC(C)=O)c(NC(=O)OC(C)(C)C)cc1OCCCCCC(=O)OCC(Cl)(Cl)Cl. The number of hydrogen-bond acceptors (Lipinski definition) is 9. The fourth-order valence-electron chi connectivity index (χ4n) is 4.14. The average Bonchev–Trinajstić information content (AvgIpc) is 3.35. The molecule has 42 heavy (non-hydrogen) atoms. The Labute approximate surface area is 261 Å². The molecule has 1 N–H and O–H groups in total. The quantitative estimate of drug-likeness (QED) is 0.117. The number of ether oxygens (including phenoxy) is 5. The van der Waals surface area contributed by atoms with Crippen LogP contribution in [0.1, 0.15) is 76.6 Å². The molecule has 1 aromatic carbocycles. The predicted molar refractivity (Wildman–Crippen MR) is 159 cm³/mol. The van der Waals surface area contributed by atoms with E-state index in [4.69, 9.17) is 58.5 Å². The Hall–Kier alpha value is -2.63. The number of hydrogen-bond donors (Lipinski definition) is 1. The van der Waals surface area contributed by atoms with Gasteiger partial charge in [-0.15, -0.1) is 0 Å². The maximum atomic E-state index is 13.7. The number of benzene rings is 1. The highest BCUT2D eigenvalue weighted by Crippen LogP contribution is 2.36. The van der Waals surface area contributed by atoms with E-state index in [9.17, 15) is 19.2 Å². The van der Waals surface area contributed by atoms with Gasteiger partial charge in [-0.1, -0.05) is 34.8 Å². The molecule has 1 atom stereocenters. The molecule has 14 heteroatoms. The summed E-state index contributed by atoms with van der Waals surface area (Å²) < 4.78 is 25.2. The molecular weight excluding hydrogens is 615 g/mol. The minimum absolute atomic E-state index is 0.0822. The van der Waals surface area contributed by atoms with Crippen LogP contribution >= 0.6 is 34.8 Å². The molecule has 1 aromatic rings. The van der Waals surface area contributed by atoms with Gasteiger partial charge in [-0.3, -0.25) is 19.7 Å². The number of anilines is 1. The molecule has 1 fully saturated rings. The number of alkyl halides is 3. The first-order valence-electron chi connectivity index (χ1n) is 13.6. The molecule has 2 rings (SSSR count). The van der Waals surface area contributed by atoms with Crippen LogP contribution in [0.15, 0.2) is 12.1 Å². The minimum atomic E-state index is -1.65. The molecule has 0 aromatic heterocycles.